The van der Waals surface area contributed by atoms with Crippen LogP contribution in [-0.4, -0.2) is 25.9 Å². The second-order valence-electron chi connectivity index (χ2n) is 7.01. The Morgan fingerprint density at radius 2 is 1.66 bits per heavy atom. The van der Waals surface area contributed by atoms with Crippen LogP contribution in [0.4, 0.5) is 15.8 Å². The Kier molecular flexibility index (Phi) is 5.80. The molecule has 0 aliphatic carbocycles. The third-order valence-electron chi connectivity index (χ3n) is 4.94. The number of benzene rings is 2. The minimum atomic E-state index is -0.587. The predicted molar refractivity (Wildman–Crippen MR) is 119 cm³/mol. The van der Waals surface area contributed by atoms with Gasteiger partial charge < -0.3 is 10.6 Å². The molecule has 2 amide bonds. The number of para-hydroxylation sites is 2. The lowest BCUT2D eigenvalue weighted by molar-refractivity contribution is -0.116. The van der Waals surface area contributed by atoms with E-state index in [0.29, 0.717) is 12.1 Å². The highest BCUT2D eigenvalue weighted by Crippen LogP contribution is 2.24. The van der Waals surface area contributed by atoms with Crippen molar-refractivity contribution in [3.63, 3.8) is 0 Å². The summed E-state index contributed by atoms with van der Waals surface area (Å²) in [6.45, 7) is 2.04. The summed E-state index contributed by atoms with van der Waals surface area (Å²) in [6.07, 6.45) is 1.48. The lowest BCUT2D eigenvalue weighted by Crippen LogP contribution is -2.29. The van der Waals surface area contributed by atoms with E-state index in [0.717, 1.165) is 11.6 Å². The summed E-state index contributed by atoms with van der Waals surface area (Å²) in [5.41, 5.74) is 1.49. The number of nitrogens with one attached hydrogen (secondary N) is 2. The van der Waals surface area contributed by atoms with E-state index in [1.165, 1.54) is 29.0 Å². The molecule has 2 aromatic heterocycles. The predicted octanol–water partition coefficient (Wildman–Crippen LogP) is 3.25. The molecule has 0 aliphatic heterocycles. The fourth-order valence-electron chi connectivity index (χ4n) is 3.48. The Labute approximate surface area is 182 Å². The van der Waals surface area contributed by atoms with Crippen LogP contribution in [0.25, 0.3) is 11.0 Å². The molecule has 0 spiro atoms. The zero-order chi connectivity index (χ0) is 22.7. The zero-order valence-electron chi connectivity index (χ0n) is 17.2. The van der Waals surface area contributed by atoms with Crippen LogP contribution in [-0.2, 0) is 17.9 Å². The van der Waals surface area contributed by atoms with Crippen LogP contribution in [0.15, 0.2) is 71.7 Å². The maximum absolute atomic E-state index is 13.9. The molecule has 2 N–H and O–H groups in total. The zero-order valence-corrected chi connectivity index (χ0v) is 17.2. The number of carbonyl (C=O) groups is 2. The van der Waals surface area contributed by atoms with Crippen LogP contribution in [0, 0.1) is 5.82 Å². The Morgan fingerprint density at radius 1 is 0.938 bits per heavy atom. The number of pyridine rings is 1. The highest BCUT2D eigenvalue weighted by molar-refractivity contribution is 6.06. The van der Waals surface area contributed by atoms with Crippen molar-refractivity contribution in [2.75, 3.05) is 10.6 Å². The molecule has 162 valence electrons. The molecule has 8 nitrogen and oxygen atoms in total. The lowest BCUT2D eigenvalue weighted by atomic mass is 10.2. The average molecular weight is 433 g/mol. The number of imidazole rings is 1. The standard InChI is InChI=1S/C23H20FN5O3/c1-2-28-19-8-3-4-9-20(19)29(23(28)32)14-21(30)26-18-13-15(24)10-11-16(18)27-22(31)17-7-5-6-12-25-17/h3-13H,2,14H2,1H3,(H,26,30)(H,27,31). The van der Waals surface area contributed by atoms with E-state index in [-0.39, 0.29) is 29.3 Å². The van der Waals surface area contributed by atoms with Gasteiger partial charge in [-0.3, -0.25) is 23.7 Å². The summed E-state index contributed by atoms with van der Waals surface area (Å²) in [4.78, 5) is 41.9. The molecule has 9 heteroatoms. The van der Waals surface area contributed by atoms with Gasteiger partial charge in [-0.1, -0.05) is 18.2 Å². The number of aryl methyl sites for hydroxylation is 1. The van der Waals surface area contributed by atoms with E-state index in [2.05, 4.69) is 15.6 Å². The molecule has 2 heterocycles. The third kappa shape index (κ3) is 4.13. The number of halogens is 1. The van der Waals surface area contributed by atoms with Crippen molar-refractivity contribution in [2.24, 2.45) is 0 Å². The molecule has 0 aliphatic rings. The van der Waals surface area contributed by atoms with Gasteiger partial charge in [0.25, 0.3) is 5.91 Å². The van der Waals surface area contributed by atoms with Crippen molar-refractivity contribution in [3.8, 4) is 0 Å². The summed E-state index contributed by atoms with van der Waals surface area (Å²) in [7, 11) is 0. The first-order chi connectivity index (χ1) is 15.5. The van der Waals surface area contributed by atoms with E-state index in [1.807, 2.05) is 19.1 Å². The topological polar surface area (TPSA) is 98.0 Å². The number of nitrogens with zero attached hydrogens (tertiary/aromatic N) is 3. The summed E-state index contributed by atoms with van der Waals surface area (Å²) in [6, 6.07) is 15.7. The van der Waals surface area contributed by atoms with Gasteiger partial charge in [-0.25, -0.2) is 9.18 Å². The van der Waals surface area contributed by atoms with Crippen molar-refractivity contribution in [1.29, 1.82) is 0 Å². The molecule has 0 atom stereocenters. The summed E-state index contributed by atoms with van der Waals surface area (Å²) in [5, 5.41) is 5.21. The SMILES string of the molecule is CCn1c(=O)n(CC(=O)Nc2cc(F)ccc2NC(=O)c2ccccn2)c2ccccc21. The molecule has 0 radical (unpaired) electrons. The summed E-state index contributed by atoms with van der Waals surface area (Å²) in [5.74, 6) is -1.63. The second kappa shape index (κ2) is 8.84. The summed E-state index contributed by atoms with van der Waals surface area (Å²) >= 11 is 0. The highest BCUT2D eigenvalue weighted by Gasteiger charge is 2.17. The van der Waals surface area contributed by atoms with Gasteiger partial charge in [0, 0.05) is 12.7 Å². The fourth-order valence-corrected chi connectivity index (χ4v) is 3.48. The molecule has 32 heavy (non-hydrogen) atoms. The average Bonchev–Trinajstić information content (AvgIpc) is 3.06. The van der Waals surface area contributed by atoms with E-state index in [4.69, 9.17) is 0 Å². The number of fused-ring (bicyclic) bond motifs is 1. The van der Waals surface area contributed by atoms with Gasteiger partial charge in [0.05, 0.1) is 22.4 Å². The molecule has 0 saturated heterocycles. The van der Waals surface area contributed by atoms with Crippen LogP contribution in [0.3, 0.4) is 0 Å². The molecule has 0 fully saturated rings. The van der Waals surface area contributed by atoms with Gasteiger partial charge in [0.15, 0.2) is 0 Å². The first-order valence-corrected chi connectivity index (χ1v) is 9.97. The number of hydrogen-bond acceptors (Lipinski definition) is 4. The first kappa shape index (κ1) is 21.0. The lowest BCUT2D eigenvalue weighted by Gasteiger charge is -2.13. The minimum Gasteiger partial charge on any atom is -0.323 e. The van der Waals surface area contributed by atoms with Gasteiger partial charge in [0.1, 0.15) is 18.1 Å². The molecule has 4 aromatic rings. The number of amides is 2. The second-order valence-corrected chi connectivity index (χ2v) is 7.01. The fraction of sp³-hybridized carbons (Fsp3) is 0.130. The molecule has 4 rings (SSSR count). The third-order valence-corrected chi connectivity index (χ3v) is 4.94. The number of aromatic nitrogens is 3. The van der Waals surface area contributed by atoms with Crippen molar-refractivity contribution in [3.05, 3.63) is 88.9 Å². The van der Waals surface area contributed by atoms with Crippen molar-refractivity contribution < 1.29 is 14.0 Å². The Hall–Kier alpha value is -4.27. The number of hydrogen-bond donors (Lipinski definition) is 2. The van der Waals surface area contributed by atoms with Gasteiger partial charge in [-0.05, 0) is 49.4 Å². The molecule has 0 bridgehead atoms. The molecule has 0 unspecified atom stereocenters. The Morgan fingerprint density at radius 3 is 2.34 bits per heavy atom. The quantitative estimate of drug-likeness (QED) is 0.488. The number of anilines is 2. The normalized spacial score (nSPS) is 10.8. The molecule has 0 saturated carbocycles. The molecule has 2 aromatic carbocycles. The number of carbonyl (C=O) groups excluding carboxylic acids is 2. The van der Waals surface area contributed by atoms with E-state index in [9.17, 15) is 18.8 Å². The Bertz CT molecular complexity index is 1360. The largest absolute Gasteiger partial charge is 0.329 e. The van der Waals surface area contributed by atoms with E-state index < -0.39 is 17.6 Å². The van der Waals surface area contributed by atoms with Crippen molar-refractivity contribution >= 4 is 34.2 Å². The van der Waals surface area contributed by atoms with Crippen LogP contribution in [0.1, 0.15) is 17.4 Å². The monoisotopic (exact) mass is 433 g/mol. The smallest absolute Gasteiger partial charge is 0.323 e. The van der Waals surface area contributed by atoms with Gasteiger partial charge >= 0.3 is 5.69 Å². The molecular weight excluding hydrogens is 413 g/mol. The van der Waals surface area contributed by atoms with Crippen molar-refractivity contribution in [2.45, 2.75) is 20.0 Å². The Balaban J connectivity index is 1.59. The first-order valence-electron chi connectivity index (χ1n) is 9.97. The van der Waals surface area contributed by atoms with Crippen LogP contribution in [0.2, 0.25) is 0 Å². The number of rotatable bonds is 6. The van der Waals surface area contributed by atoms with Crippen LogP contribution >= 0.6 is 0 Å². The van der Waals surface area contributed by atoms with Gasteiger partial charge in [-0.2, -0.15) is 0 Å². The summed E-state index contributed by atoms with van der Waals surface area (Å²) < 4.78 is 16.8. The van der Waals surface area contributed by atoms with E-state index in [1.54, 1.807) is 28.8 Å². The molecular formula is C23H20FN5O3. The highest BCUT2D eigenvalue weighted by atomic mass is 19.1. The van der Waals surface area contributed by atoms with Crippen LogP contribution < -0.4 is 16.3 Å². The van der Waals surface area contributed by atoms with Gasteiger partial charge in [0.2, 0.25) is 5.91 Å². The van der Waals surface area contributed by atoms with Crippen LogP contribution in [0.5, 0.6) is 0 Å². The van der Waals surface area contributed by atoms with Gasteiger partial charge in [-0.15, -0.1) is 0 Å². The van der Waals surface area contributed by atoms with E-state index >= 15 is 0 Å². The maximum Gasteiger partial charge on any atom is 0.329 e. The maximum atomic E-state index is 13.9. The van der Waals surface area contributed by atoms with Crippen molar-refractivity contribution in [1.82, 2.24) is 14.1 Å². The minimum absolute atomic E-state index is 0.0755.